The number of benzene rings is 1. The lowest BCUT2D eigenvalue weighted by atomic mass is 10.2. The summed E-state index contributed by atoms with van der Waals surface area (Å²) in [5.41, 5.74) is 1.08. The summed E-state index contributed by atoms with van der Waals surface area (Å²) >= 11 is 5.98. The van der Waals surface area contributed by atoms with Crippen LogP contribution in [0.25, 0.3) is 0 Å². The second-order valence-electron chi connectivity index (χ2n) is 5.07. The van der Waals surface area contributed by atoms with E-state index in [0.717, 1.165) is 0 Å². The van der Waals surface area contributed by atoms with E-state index in [1.54, 1.807) is 37.3 Å². The fourth-order valence-corrected chi connectivity index (χ4v) is 3.55. The minimum Gasteiger partial charge on any atom is -0.465 e. The number of nitrogens with zero attached hydrogens (tertiary/aromatic N) is 1. The van der Waals surface area contributed by atoms with Gasteiger partial charge in [0.2, 0.25) is 0 Å². The fourth-order valence-electron chi connectivity index (χ4n) is 2.05. The number of halogens is 1. The molecule has 0 atom stereocenters. The quantitative estimate of drug-likeness (QED) is 0.792. The third-order valence-electron chi connectivity index (χ3n) is 3.22. The summed E-state index contributed by atoms with van der Waals surface area (Å²) in [5, 5.41) is 0.376. The van der Waals surface area contributed by atoms with Gasteiger partial charge in [-0.25, -0.2) is 13.4 Å². The van der Waals surface area contributed by atoms with Crippen molar-refractivity contribution in [3.8, 4) is 0 Å². The third kappa shape index (κ3) is 4.69. The maximum Gasteiger partial charge on any atom is 0.302 e. The van der Waals surface area contributed by atoms with Crippen molar-refractivity contribution in [1.82, 2.24) is 4.98 Å². The van der Waals surface area contributed by atoms with Crippen molar-refractivity contribution in [3.63, 3.8) is 0 Å². The minimum atomic E-state index is -3.80. The van der Waals surface area contributed by atoms with Gasteiger partial charge in [0.05, 0.1) is 11.5 Å². The van der Waals surface area contributed by atoms with Crippen molar-refractivity contribution in [2.24, 2.45) is 0 Å². The molecule has 1 aromatic carbocycles. The molecule has 0 spiro atoms. The molecule has 1 N–H and O–H groups in total. The third-order valence-corrected chi connectivity index (χ3v) is 5.13. The molecule has 128 valence electrons. The van der Waals surface area contributed by atoms with E-state index in [9.17, 15) is 13.2 Å². The Balaban J connectivity index is 2.18. The number of sulfonamides is 1. The largest absolute Gasteiger partial charge is 0.465 e. The monoisotopic (exact) mass is 368 g/mol. The maximum absolute atomic E-state index is 12.5. The van der Waals surface area contributed by atoms with Gasteiger partial charge in [0.1, 0.15) is 5.82 Å². The second kappa shape index (κ2) is 7.63. The highest BCUT2D eigenvalue weighted by Crippen LogP contribution is 2.24. The topological polar surface area (TPSA) is 85.4 Å². The molecule has 0 amide bonds. The number of nitrogens with one attached hydrogen (secondary N) is 1. The number of carbonyl (C=O) groups is 1. The zero-order valence-electron chi connectivity index (χ0n) is 13.2. The van der Waals surface area contributed by atoms with E-state index < -0.39 is 10.0 Å². The summed E-state index contributed by atoms with van der Waals surface area (Å²) in [4.78, 5) is 15.1. The van der Waals surface area contributed by atoms with Gasteiger partial charge >= 0.3 is 5.97 Å². The van der Waals surface area contributed by atoms with Crippen LogP contribution in [-0.4, -0.2) is 26.0 Å². The Hall–Kier alpha value is -2.12. The van der Waals surface area contributed by atoms with E-state index in [1.807, 2.05) is 0 Å². The van der Waals surface area contributed by atoms with Crippen LogP contribution in [-0.2, 0) is 26.0 Å². The molecule has 0 aliphatic rings. The first-order valence-corrected chi connectivity index (χ1v) is 9.03. The van der Waals surface area contributed by atoms with Crippen molar-refractivity contribution >= 4 is 33.4 Å². The number of anilines is 1. The number of hydrogen-bond acceptors (Lipinski definition) is 5. The highest BCUT2D eigenvalue weighted by molar-refractivity contribution is 7.92. The molecule has 0 fully saturated rings. The molecule has 8 heteroatoms. The Labute approximate surface area is 145 Å². The molecule has 2 rings (SSSR count). The van der Waals surface area contributed by atoms with E-state index >= 15 is 0 Å². The van der Waals surface area contributed by atoms with Gasteiger partial charge in [-0.3, -0.25) is 9.52 Å². The second-order valence-corrected chi connectivity index (χ2v) is 7.13. The highest BCUT2D eigenvalue weighted by Gasteiger charge is 2.18. The molecule has 0 radical (unpaired) electrons. The van der Waals surface area contributed by atoms with Gasteiger partial charge in [-0.05, 0) is 36.8 Å². The Morgan fingerprint density at radius 2 is 1.96 bits per heavy atom. The van der Waals surface area contributed by atoms with Gasteiger partial charge < -0.3 is 4.74 Å². The first-order chi connectivity index (χ1) is 11.3. The predicted molar refractivity (Wildman–Crippen MR) is 91.6 cm³/mol. The number of rotatable bonds is 6. The van der Waals surface area contributed by atoms with E-state index in [0.29, 0.717) is 22.7 Å². The van der Waals surface area contributed by atoms with Gasteiger partial charge in [-0.1, -0.05) is 23.7 Å². The molecular formula is C16H17ClN2O4S. The smallest absolute Gasteiger partial charge is 0.302 e. The molecule has 0 bridgehead atoms. The van der Waals surface area contributed by atoms with Crippen molar-refractivity contribution in [1.29, 1.82) is 0 Å². The number of aromatic nitrogens is 1. The Morgan fingerprint density at radius 3 is 2.67 bits per heavy atom. The summed E-state index contributed by atoms with van der Waals surface area (Å²) in [7, 11) is -3.80. The molecule has 0 saturated carbocycles. The Morgan fingerprint density at radius 1 is 1.25 bits per heavy atom. The average molecular weight is 369 g/mol. The first kappa shape index (κ1) is 18.2. The average Bonchev–Trinajstić information content (AvgIpc) is 2.49. The number of pyridine rings is 1. The lowest BCUT2D eigenvalue weighted by molar-refractivity contribution is -0.140. The molecule has 1 heterocycles. The normalized spacial score (nSPS) is 11.1. The van der Waals surface area contributed by atoms with Crippen LogP contribution in [0.15, 0.2) is 41.3 Å². The fraction of sp³-hybridized carbons (Fsp3) is 0.250. The van der Waals surface area contributed by atoms with Gasteiger partial charge in [0, 0.05) is 24.1 Å². The Kier molecular flexibility index (Phi) is 5.80. The number of ether oxygens (including phenoxy) is 1. The van der Waals surface area contributed by atoms with E-state index in [2.05, 4.69) is 9.71 Å². The molecule has 0 aliphatic heterocycles. The first-order valence-electron chi connectivity index (χ1n) is 7.17. The number of hydrogen-bond donors (Lipinski definition) is 1. The van der Waals surface area contributed by atoms with Gasteiger partial charge in [0.15, 0.2) is 0 Å². The molecule has 2 aromatic rings. The lowest BCUT2D eigenvalue weighted by Crippen LogP contribution is -2.16. The van der Waals surface area contributed by atoms with Gasteiger partial charge in [-0.2, -0.15) is 0 Å². The molecule has 0 unspecified atom stereocenters. The summed E-state index contributed by atoms with van der Waals surface area (Å²) < 4.78 is 32.3. The molecular weight excluding hydrogens is 352 g/mol. The number of esters is 1. The summed E-state index contributed by atoms with van der Waals surface area (Å²) in [5.74, 6) is -0.182. The van der Waals surface area contributed by atoms with Crippen LogP contribution >= 0.6 is 11.6 Å². The van der Waals surface area contributed by atoms with Crippen LogP contribution in [0.1, 0.15) is 18.2 Å². The van der Waals surface area contributed by atoms with Crippen molar-refractivity contribution in [2.45, 2.75) is 25.2 Å². The molecule has 1 aromatic heterocycles. The van der Waals surface area contributed by atoms with Crippen molar-refractivity contribution in [2.75, 3.05) is 11.3 Å². The van der Waals surface area contributed by atoms with Crippen LogP contribution < -0.4 is 4.72 Å². The standard InChI is InChI=1S/C16H17ClN2O4S/c1-11-14(17)6-4-7-15(11)24(21,22)19-16-8-3-5-13(18-16)9-10-23-12(2)20/h3-8H,9-10H2,1-2H3,(H,18,19). The SMILES string of the molecule is CC(=O)OCCc1cccc(NS(=O)(=O)c2cccc(Cl)c2C)n1. The summed E-state index contributed by atoms with van der Waals surface area (Å²) in [6.45, 7) is 3.15. The zero-order valence-corrected chi connectivity index (χ0v) is 14.8. The van der Waals surface area contributed by atoms with Gasteiger partial charge in [0.25, 0.3) is 10.0 Å². The van der Waals surface area contributed by atoms with E-state index in [-0.39, 0.29) is 23.3 Å². The zero-order chi connectivity index (χ0) is 17.7. The van der Waals surface area contributed by atoms with Gasteiger partial charge in [-0.15, -0.1) is 0 Å². The van der Waals surface area contributed by atoms with Crippen LogP contribution in [0.3, 0.4) is 0 Å². The molecule has 6 nitrogen and oxygen atoms in total. The van der Waals surface area contributed by atoms with Crippen molar-refractivity contribution < 1.29 is 17.9 Å². The van der Waals surface area contributed by atoms with Crippen molar-refractivity contribution in [3.05, 3.63) is 52.7 Å². The predicted octanol–water partition coefficient (Wildman–Crippen LogP) is 2.95. The van der Waals surface area contributed by atoms with Crippen LogP contribution in [0.2, 0.25) is 5.02 Å². The summed E-state index contributed by atoms with van der Waals surface area (Å²) in [6, 6.07) is 9.64. The van der Waals surface area contributed by atoms with Crippen LogP contribution in [0.4, 0.5) is 5.82 Å². The highest BCUT2D eigenvalue weighted by atomic mass is 35.5. The molecule has 24 heavy (non-hydrogen) atoms. The number of carbonyl (C=O) groups excluding carboxylic acids is 1. The molecule has 0 saturated heterocycles. The van der Waals surface area contributed by atoms with Crippen LogP contribution in [0.5, 0.6) is 0 Å². The Bertz CT molecular complexity index is 853. The minimum absolute atomic E-state index is 0.0992. The van der Waals surface area contributed by atoms with Crippen LogP contribution in [0, 0.1) is 6.92 Å². The van der Waals surface area contributed by atoms with E-state index in [1.165, 1.54) is 13.0 Å². The van der Waals surface area contributed by atoms with E-state index in [4.69, 9.17) is 16.3 Å². The maximum atomic E-state index is 12.5. The lowest BCUT2D eigenvalue weighted by Gasteiger charge is -2.11. The molecule has 0 aliphatic carbocycles. The summed E-state index contributed by atoms with van der Waals surface area (Å²) in [6.07, 6.45) is 0.394.